The third-order valence-corrected chi connectivity index (χ3v) is 8.44. The van der Waals surface area contributed by atoms with E-state index in [-0.39, 0.29) is 37.7 Å². The first-order valence-electron chi connectivity index (χ1n) is 13.0. The molecule has 0 aliphatic rings. The van der Waals surface area contributed by atoms with E-state index < -0.39 is 16.1 Å². The van der Waals surface area contributed by atoms with Crippen molar-refractivity contribution in [2.24, 2.45) is 0 Å². The number of aryl methyl sites for hydroxylation is 2. The number of carbonyl (C=O) groups excluding carboxylic acids is 2. The minimum absolute atomic E-state index is 0.0532. The molecule has 1 atom stereocenters. The molecule has 0 aliphatic heterocycles. The van der Waals surface area contributed by atoms with Gasteiger partial charge < -0.3 is 10.2 Å². The average molecular weight is 585 g/mol. The Labute approximate surface area is 237 Å². The van der Waals surface area contributed by atoms with Gasteiger partial charge in [0.15, 0.2) is 0 Å². The van der Waals surface area contributed by atoms with E-state index in [9.17, 15) is 18.0 Å². The number of hydrogen-bond acceptors (Lipinski definition) is 4. The Morgan fingerprint density at radius 1 is 1.00 bits per heavy atom. The second-order valence-electron chi connectivity index (χ2n) is 9.50. The van der Waals surface area contributed by atoms with Gasteiger partial charge in [-0.05, 0) is 68.5 Å². The Balaban J connectivity index is 2.27. The van der Waals surface area contributed by atoms with Crippen LogP contribution < -0.4 is 9.62 Å². The van der Waals surface area contributed by atoms with E-state index in [4.69, 9.17) is 23.2 Å². The molecule has 0 saturated heterocycles. The van der Waals surface area contributed by atoms with Crippen LogP contribution in [0.3, 0.4) is 0 Å². The molecule has 0 fully saturated rings. The number of nitrogens with zero attached hydrogens (tertiary/aromatic N) is 2. The lowest BCUT2D eigenvalue weighted by Crippen LogP contribution is -2.49. The minimum atomic E-state index is -3.56. The van der Waals surface area contributed by atoms with Crippen molar-refractivity contribution in [2.75, 3.05) is 23.7 Å². The number of hydrogen-bond donors (Lipinski definition) is 1. The van der Waals surface area contributed by atoms with Gasteiger partial charge in [0.1, 0.15) is 6.04 Å². The third kappa shape index (κ3) is 8.89. The van der Waals surface area contributed by atoms with E-state index >= 15 is 0 Å². The molecular formula is C28H39Cl2N3O4S. The topological polar surface area (TPSA) is 86.8 Å². The molecule has 10 heteroatoms. The molecule has 2 amide bonds. The number of amides is 2. The van der Waals surface area contributed by atoms with Crippen LogP contribution in [0, 0.1) is 13.8 Å². The van der Waals surface area contributed by atoms with E-state index in [2.05, 4.69) is 5.32 Å². The molecule has 210 valence electrons. The fraction of sp³-hybridized carbons (Fsp3) is 0.500. The molecule has 1 N–H and O–H groups in total. The summed E-state index contributed by atoms with van der Waals surface area (Å²) in [4.78, 5) is 28.1. The van der Waals surface area contributed by atoms with Gasteiger partial charge in [-0.15, -0.1) is 0 Å². The first-order valence-corrected chi connectivity index (χ1v) is 15.6. The molecule has 0 bridgehead atoms. The van der Waals surface area contributed by atoms with Crippen LogP contribution in [-0.2, 0) is 26.2 Å². The molecule has 2 aromatic rings. The number of anilines is 1. The summed E-state index contributed by atoms with van der Waals surface area (Å²) in [5, 5.41) is 3.75. The molecule has 0 spiro atoms. The number of nitrogens with one attached hydrogen (secondary N) is 1. The molecule has 2 aromatic carbocycles. The molecule has 2 rings (SSSR count). The van der Waals surface area contributed by atoms with E-state index in [1.807, 2.05) is 39.8 Å². The minimum Gasteiger partial charge on any atom is -0.354 e. The number of rotatable bonds is 14. The van der Waals surface area contributed by atoms with E-state index in [0.717, 1.165) is 30.2 Å². The molecule has 0 heterocycles. The molecule has 0 radical (unpaired) electrons. The van der Waals surface area contributed by atoms with Crippen LogP contribution >= 0.6 is 23.2 Å². The predicted octanol–water partition coefficient (Wildman–Crippen LogP) is 5.88. The van der Waals surface area contributed by atoms with Crippen LogP contribution in [0.4, 0.5) is 5.69 Å². The second-order valence-corrected chi connectivity index (χ2v) is 12.2. The van der Waals surface area contributed by atoms with Crippen molar-refractivity contribution >= 4 is 50.7 Å². The summed E-state index contributed by atoms with van der Waals surface area (Å²) in [7, 11) is -3.56. The zero-order valence-corrected chi connectivity index (χ0v) is 25.2. The molecule has 0 aromatic heterocycles. The Morgan fingerprint density at radius 2 is 1.66 bits per heavy atom. The Hall–Kier alpha value is -2.29. The highest BCUT2D eigenvalue weighted by molar-refractivity contribution is 7.92. The quantitative estimate of drug-likeness (QED) is 0.281. The summed E-state index contributed by atoms with van der Waals surface area (Å²) in [6.07, 6.45) is 3.67. The highest BCUT2D eigenvalue weighted by Gasteiger charge is 2.29. The van der Waals surface area contributed by atoms with Crippen molar-refractivity contribution in [1.29, 1.82) is 0 Å². The van der Waals surface area contributed by atoms with Gasteiger partial charge in [-0.2, -0.15) is 0 Å². The number of carbonyl (C=O) groups is 2. The maximum atomic E-state index is 13.6. The zero-order chi connectivity index (χ0) is 28.5. The van der Waals surface area contributed by atoms with Crippen LogP contribution in [0.1, 0.15) is 62.6 Å². The van der Waals surface area contributed by atoms with E-state index in [1.165, 1.54) is 9.21 Å². The summed E-state index contributed by atoms with van der Waals surface area (Å²) < 4.78 is 26.5. The molecule has 0 aliphatic carbocycles. The van der Waals surface area contributed by atoms with Gasteiger partial charge in [0.2, 0.25) is 21.8 Å². The standard InChI is InChI=1S/C28H39Cl2N3O4S/c1-6-8-16-31-28(35)26(7-2)32(19-23-24(29)11-9-12-25(23)30)27(34)13-10-17-33(38(5,36)37)22-15-14-20(3)21(4)18-22/h9,11-12,14-15,18,26H,6-8,10,13,16-17,19H2,1-5H3,(H,31,35)/t26-/m0/s1. The summed E-state index contributed by atoms with van der Waals surface area (Å²) in [5.41, 5.74) is 3.17. The van der Waals surface area contributed by atoms with E-state index in [0.29, 0.717) is 34.3 Å². The molecular weight excluding hydrogens is 545 g/mol. The number of benzene rings is 2. The second kappa shape index (κ2) is 14.8. The van der Waals surface area contributed by atoms with Crippen LogP contribution in [0.15, 0.2) is 36.4 Å². The van der Waals surface area contributed by atoms with Crippen molar-refractivity contribution < 1.29 is 18.0 Å². The lowest BCUT2D eigenvalue weighted by molar-refractivity contribution is -0.141. The predicted molar refractivity (Wildman–Crippen MR) is 156 cm³/mol. The average Bonchev–Trinajstić information content (AvgIpc) is 2.84. The SMILES string of the molecule is CCCCNC(=O)[C@H](CC)N(Cc1c(Cl)cccc1Cl)C(=O)CCCN(c1ccc(C)c(C)c1)S(C)(=O)=O. The normalized spacial score (nSPS) is 12.2. The summed E-state index contributed by atoms with van der Waals surface area (Å²) in [6.45, 7) is 8.51. The molecule has 0 unspecified atom stereocenters. The lowest BCUT2D eigenvalue weighted by atomic mass is 10.1. The fourth-order valence-electron chi connectivity index (χ4n) is 4.16. The van der Waals surface area contributed by atoms with Crippen LogP contribution in [0.5, 0.6) is 0 Å². The molecule has 38 heavy (non-hydrogen) atoms. The van der Waals surface area contributed by atoms with E-state index in [1.54, 1.807) is 24.3 Å². The number of halogens is 2. The van der Waals surface area contributed by atoms with Gasteiger partial charge >= 0.3 is 0 Å². The van der Waals surface area contributed by atoms with Gasteiger partial charge in [-0.1, -0.05) is 55.6 Å². The highest BCUT2D eigenvalue weighted by atomic mass is 35.5. The lowest BCUT2D eigenvalue weighted by Gasteiger charge is -2.31. The largest absolute Gasteiger partial charge is 0.354 e. The number of sulfonamides is 1. The maximum absolute atomic E-state index is 13.6. The van der Waals surface area contributed by atoms with Gasteiger partial charge in [0.25, 0.3) is 0 Å². The Bertz CT molecular complexity index is 1200. The maximum Gasteiger partial charge on any atom is 0.242 e. The molecule has 0 saturated carbocycles. The monoisotopic (exact) mass is 583 g/mol. The van der Waals surface area contributed by atoms with Gasteiger partial charge in [-0.3, -0.25) is 13.9 Å². The Morgan fingerprint density at radius 3 is 2.21 bits per heavy atom. The summed E-state index contributed by atoms with van der Waals surface area (Å²) in [5.74, 6) is -0.502. The van der Waals surface area contributed by atoms with Gasteiger partial charge in [0.05, 0.1) is 11.9 Å². The first-order chi connectivity index (χ1) is 17.9. The fourth-order valence-corrected chi connectivity index (χ4v) is 5.64. The summed E-state index contributed by atoms with van der Waals surface area (Å²) >= 11 is 12.8. The van der Waals surface area contributed by atoms with Gasteiger partial charge in [0, 0.05) is 41.7 Å². The van der Waals surface area contributed by atoms with Crippen molar-refractivity contribution in [3.63, 3.8) is 0 Å². The first kappa shape index (κ1) is 31.9. The number of unbranched alkanes of at least 4 members (excludes halogenated alkanes) is 1. The molecule has 7 nitrogen and oxygen atoms in total. The van der Waals surface area contributed by atoms with Crippen molar-refractivity contribution in [3.8, 4) is 0 Å². The third-order valence-electron chi connectivity index (χ3n) is 6.54. The van der Waals surface area contributed by atoms with Crippen LogP contribution in [-0.4, -0.2) is 50.5 Å². The van der Waals surface area contributed by atoms with Crippen molar-refractivity contribution in [3.05, 3.63) is 63.1 Å². The smallest absolute Gasteiger partial charge is 0.242 e. The van der Waals surface area contributed by atoms with Crippen LogP contribution in [0.2, 0.25) is 10.0 Å². The van der Waals surface area contributed by atoms with Gasteiger partial charge in [-0.25, -0.2) is 8.42 Å². The highest BCUT2D eigenvalue weighted by Crippen LogP contribution is 2.28. The zero-order valence-electron chi connectivity index (χ0n) is 22.9. The summed E-state index contributed by atoms with van der Waals surface area (Å²) in [6, 6.07) is 9.89. The van der Waals surface area contributed by atoms with Crippen molar-refractivity contribution in [1.82, 2.24) is 10.2 Å². The van der Waals surface area contributed by atoms with Crippen LogP contribution in [0.25, 0.3) is 0 Å². The Kier molecular flexibility index (Phi) is 12.4. The van der Waals surface area contributed by atoms with Crippen molar-refractivity contribution in [2.45, 2.75) is 72.4 Å².